The Morgan fingerprint density at radius 1 is 1.00 bits per heavy atom. The Balaban J connectivity index is 1.58. The number of methoxy groups -OCH3 is 1. The zero-order chi connectivity index (χ0) is 20.3. The van der Waals surface area contributed by atoms with Gasteiger partial charge in [0.15, 0.2) is 0 Å². The monoisotopic (exact) mass is 380 g/mol. The summed E-state index contributed by atoms with van der Waals surface area (Å²) in [5, 5.41) is 3.11. The molecule has 148 valence electrons. The van der Waals surface area contributed by atoms with Gasteiger partial charge in [-0.05, 0) is 69.0 Å². The number of rotatable bonds is 4. The minimum atomic E-state index is -0.0694. The quantitative estimate of drug-likeness (QED) is 0.868. The predicted octanol–water partition coefficient (Wildman–Crippen LogP) is 4.11. The summed E-state index contributed by atoms with van der Waals surface area (Å²) in [6.45, 7) is 7.28. The van der Waals surface area contributed by atoms with E-state index in [0.717, 1.165) is 22.6 Å². The van der Waals surface area contributed by atoms with Crippen molar-refractivity contribution in [3.05, 3.63) is 58.7 Å². The Bertz CT molecular complexity index is 843. The maximum Gasteiger partial charge on any atom is 0.253 e. The largest absolute Gasteiger partial charge is 0.497 e. The zero-order valence-corrected chi connectivity index (χ0v) is 17.0. The van der Waals surface area contributed by atoms with Crippen LogP contribution in [0.1, 0.15) is 39.9 Å². The molecule has 0 aliphatic carbocycles. The molecule has 0 spiro atoms. The lowest BCUT2D eigenvalue weighted by Gasteiger charge is -2.31. The van der Waals surface area contributed by atoms with Crippen molar-refractivity contribution in [2.24, 2.45) is 5.92 Å². The molecule has 28 heavy (non-hydrogen) atoms. The summed E-state index contributed by atoms with van der Waals surface area (Å²) in [5.74, 6) is 0.715. The fourth-order valence-electron chi connectivity index (χ4n) is 3.86. The predicted molar refractivity (Wildman–Crippen MR) is 111 cm³/mol. The van der Waals surface area contributed by atoms with E-state index in [4.69, 9.17) is 4.74 Å². The van der Waals surface area contributed by atoms with Crippen molar-refractivity contribution in [2.75, 3.05) is 25.5 Å². The molecular weight excluding hydrogens is 352 g/mol. The lowest BCUT2D eigenvalue weighted by molar-refractivity contribution is -0.121. The molecule has 1 heterocycles. The number of hydrogen-bond acceptors (Lipinski definition) is 3. The summed E-state index contributed by atoms with van der Waals surface area (Å²) in [7, 11) is 1.60. The molecule has 2 aromatic carbocycles. The van der Waals surface area contributed by atoms with Crippen LogP contribution in [0.5, 0.6) is 5.75 Å². The Morgan fingerprint density at radius 3 is 2.11 bits per heavy atom. The first kappa shape index (κ1) is 19.9. The van der Waals surface area contributed by atoms with Gasteiger partial charge in [0.25, 0.3) is 5.91 Å². The van der Waals surface area contributed by atoms with Crippen molar-refractivity contribution >= 4 is 17.5 Å². The van der Waals surface area contributed by atoms with Crippen molar-refractivity contribution in [2.45, 2.75) is 33.6 Å². The van der Waals surface area contributed by atoms with Crippen LogP contribution in [-0.4, -0.2) is 36.9 Å². The molecule has 0 atom stereocenters. The van der Waals surface area contributed by atoms with Crippen LogP contribution in [0.2, 0.25) is 0 Å². The number of hydrogen-bond donors (Lipinski definition) is 1. The molecule has 1 fully saturated rings. The molecule has 0 saturated carbocycles. The SMILES string of the molecule is COc1ccc(C(=O)N2CCC(C(=O)Nc3c(C)cc(C)cc3C)CC2)cc1. The van der Waals surface area contributed by atoms with E-state index in [1.54, 1.807) is 31.4 Å². The molecule has 2 aromatic rings. The van der Waals surface area contributed by atoms with Crippen LogP contribution in [0.4, 0.5) is 5.69 Å². The van der Waals surface area contributed by atoms with Crippen molar-refractivity contribution in [1.82, 2.24) is 4.90 Å². The molecule has 1 aliphatic heterocycles. The molecule has 0 radical (unpaired) electrons. The van der Waals surface area contributed by atoms with Crippen LogP contribution in [0.15, 0.2) is 36.4 Å². The standard InChI is InChI=1S/C23H28N2O3/c1-15-13-16(2)21(17(3)14-15)24-22(26)18-9-11-25(12-10-18)23(27)19-5-7-20(28-4)8-6-19/h5-8,13-14,18H,9-12H2,1-4H3,(H,24,26). The van der Waals surface area contributed by atoms with Crippen molar-refractivity contribution < 1.29 is 14.3 Å². The number of carbonyl (C=O) groups excluding carboxylic acids is 2. The summed E-state index contributed by atoms with van der Waals surface area (Å²) in [4.78, 5) is 27.2. The van der Waals surface area contributed by atoms with E-state index in [1.807, 2.05) is 18.7 Å². The lowest BCUT2D eigenvalue weighted by atomic mass is 9.94. The van der Waals surface area contributed by atoms with Gasteiger partial charge in [-0.3, -0.25) is 9.59 Å². The lowest BCUT2D eigenvalue weighted by Crippen LogP contribution is -2.41. The number of benzene rings is 2. The van der Waals surface area contributed by atoms with E-state index in [-0.39, 0.29) is 17.7 Å². The fourth-order valence-corrected chi connectivity index (χ4v) is 3.86. The highest BCUT2D eigenvalue weighted by Crippen LogP contribution is 2.25. The molecule has 1 N–H and O–H groups in total. The number of ether oxygens (including phenoxy) is 1. The maximum atomic E-state index is 12.7. The number of carbonyl (C=O) groups is 2. The van der Waals surface area contributed by atoms with Gasteiger partial charge < -0.3 is 15.0 Å². The molecule has 0 aromatic heterocycles. The Morgan fingerprint density at radius 2 is 1.57 bits per heavy atom. The van der Waals surface area contributed by atoms with E-state index >= 15 is 0 Å². The number of anilines is 1. The second-order valence-corrected chi connectivity index (χ2v) is 7.56. The summed E-state index contributed by atoms with van der Waals surface area (Å²) in [5.41, 5.74) is 4.91. The van der Waals surface area contributed by atoms with E-state index in [2.05, 4.69) is 24.4 Å². The van der Waals surface area contributed by atoms with Crippen molar-refractivity contribution in [3.8, 4) is 5.75 Å². The molecule has 2 amide bonds. The van der Waals surface area contributed by atoms with E-state index in [0.29, 0.717) is 31.5 Å². The zero-order valence-electron chi connectivity index (χ0n) is 17.0. The third-order valence-corrected chi connectivity index (χ3v) is 5.42. The van der Waals surface area contributed by atoms with Gasteiger partial charge in [-0.2, -0.15) is 0 Å². The van der Waals surface area contributed by atoms with Crippen molar-refractivity contribution in [1.29, 1.82) is 0 Å². The first-order valence-electron chi connectivity index (χ1n) is 9.71. The van der Waals surface area contributed by atoms with Crippen LogP contribution in [0.25, 0.3) is 0 Å². The maximum absolute atomic E-state index is 12.7. The topological polar surface area (TPSA) is 58.6 Å². The second-order valence-electron chi connectivity index (χ2n) is 7.56. The van der Waals surface area contributed by atoms with E-state index in [1.165, 1.54) is 5.56 Å². The average molecular weight is 380 g/mol. The van der Waals surface area contributed by atoms with Crippen LogP contribution >= 0.6 is 0 Å². The average Bonchev–Trinajstić information content (AvgIpc) is 2.70. The van der Waals surface area contributed by atoms with Gasteiger partial charge >= 0.3 is 0 Å². The normalized spacial score (nSPS) is 14.6. The fraction of sp³-hybridized carbons (Fsp3) is 0.391. The molecular formula is C23H28N2O3. The molecule has 5 nitrogen and oxygen atoms in total. The van der Waals surface area contributed by atoms with Gasteiger partial charge in [0.2, 0.25) is 5.91 Å². The van der Waals surface area contributed by atoms with Gasteiger partial charge in [-0.1, -0.05) is 17.7 Å². The van der Waals surface area contributed by atoms with E-state index < -0.39 is 0 Å². The molecule has 0 bridgehead atoms. The highest BCUT2D eigenvalue weighted by Gasteiger charge is 2.28. The van der Waals surface area contributed by atoms with Gasteiger partial charge in [0.1, 0.15) is 5.75 Å². The summed E-state index contributed by atoms with van der Waals surface area (Å²) >= 11 is 0. The highest BCUT2D eigenvalue weighted by molar-refractivity contribution is 5.96. The summed E-state index contributed by atoms with van der Waals surface area (Å²) in [6, 6.07) is 11.3. The number of nitrogens with zero attached hydrogens (tertiary/aromatic N) is 1. The Labute approximate surface area is 166 Å². The Kier molecular flexibility index (Phi) is 6.02. The number of nitrogens with one attached hydrogen (secondary N) is 1. The third kappa shape index (κ3) is 4.35. The summed E-state index contributed by atoms with van der Waals surface area (Å²) in [6.07, 6.45) is 1.36. The smallest absolute Gasteiger partial charge is 0.253 e. The van der Waals surface area contributed by atoms with Gasteiger partial charge in [-0.25, -0.2) is 0 Å². The Hall–Kier alpha value is -2.82. The molecule has 1 aliphatic rings. The number of amides is 2. The number of piperidine rings is 1. The number of likely N-dealkylation sites (tertiary alicyclic amines) is 1. The summed E-state index contributed by atoms with van der Waals surface area (Å²) < 4.78 is 5.14. The van der Waals surface area contributed by atoms with Crippen LogP contribution in [0, 0.1) is 26.7 Å². The van der Waals surface area contributed by atoms with Crippen LogP contribution in [0.3, 0.4) is 0 Å². The highest BCUT2D eigenvalue weighted by atomic mass is 16.5. The van der Waals surface area contributed by atoms with Crippen LogP contribution in [-0.2, 0) is 4.79 Å². The second kappa shape index (κ2) is 8.46. The minimum absolute atomic E-state index is 0.00624. The van der Waals surface area contributed by atoms with Gasteiger partial charge in [0, 0.05) is 30.3 Å². The van der Waals surface area contributed by atoms with Crippen molar-refractivity contribution in [3.63, 3.8) is 0 Å². The minimum Gasteiger partial charge on any atom is -0.497 e. The number of aryl methyl sites for hydroxylation is 3. The molecule has 1 saturated heterocycles. The molecule has 3 rings (SSSR count). The van der Waals surface area contributed by atoms with Gasteiger partial charge in [0.05, 0.1) is 7.11 Å². The first-order chi connectivity index (χ1) is 13.4. The third-order valence-electron chi connectivity index (χ3n) is 5.42. The van der Waals surface area contributed by atoms with Crippen LogP contribution < -0.4 is 10.1 Å². The molecule has 5 heteroatoms. The first-order valence-corrected chi connectivity index (χ1v) is 9.71. The van der Waals surface area contributed by atoms with Gasteiger partial charge in [-0.15, -0.1) is 0 Å². The molecule has 0 unspecified atom stereocenters. The van der Waals surface area contributed by atoms with E-state index in [9.17, 15) is 9.59 Å².